The fraction of sp³-hybridized carbons (Fsp3) is 0.200. The molecule has 0 aliphatic carbocycles. The van der Waals surface area contributed by atoms with Crippen molar-refractivity contribution in [2.45, 2.75) is 20.4 Å². The van der Waals surface area contributed by atoms with E-state index in [4.69, 9.17) is 8.83 Å². The van der Waals surface area contributed by atoms with Gasteiger partial charge < -0.3 is 14.2 Å². The summed E-state index contributed by atoms with van der Waals surface area (Å²) in [6.07, 6.45) is 1.65. The number of hydrogen-bond donors (Lipinski definition) is 1. The molecule has 0 spiro atoms. The molecule has 0 aliphatic rings. The van der Waals surface area contributed by atoms with Gasteiger partial charge in [0.1, 0.15) is 11.3 Å². The smallest absolute Gasteiger partial charge is 0.287 e. The summed E-state index contributed by atoms with van der Waals surface area (Å²) in [6, 6.07) is 13.1. The first-order valence-corrected chi connectivity index (χ1v) is 8.48. The second-order valence-electron chi connectivity index (χ2n) is 6.15. The second kappa shape index (κ2) is 6.55. The summed E-state index contributed by atoms with van der Waals surface area (Å²) in [4.78, 5) is 12.3. The van der Waals surface area contributed by atoms with Crippen molar-refractivity contribution in [2.24, 2.45) is 0 Å². The lowest BCUT2D eigenvalue weighted by atomic mass is 10.1. The van der Waals surface area contributed by atoms with Gasteiger partial charge in [0.2, 0.25) is 0 Å². The minimum atomic E-state index is -0.228. The Kier molecular flexibility index (Phi) is 4.08. The van der Waals surface area contributed by atoms with E-state index in [1.165, 1.54) is 0 Å². The van der Waals surface area contributed by atoms with Crippen LogP contribution >= 0.6 is 0 Å². The van der Waals surface area contributed by atoms with Crippen LogP contribution < -0.4 is 5.32 Å². The van der Waals surface area contributed by atoms with Gasteiger partial charge in [-0.2, -0.15) is 5.10 Å². The second-order valence-corrected chi connectivity index (χ2v) is 6.15. The monoisotopic (exact) mass is 349 g/mol. The third-order valence-electron chi connectivity index (χ3n) is 4.41. The van der Waals surface area contributed by atoms with E-state index < -0.39 is 0 Å². The number of fused-ring (bicyclic) bond motifs is 1. The number of nitrogens with zero attached hydrogens (tertiary/aromatic N) is 2. The normalized spacial score (nSPS) is 11.2. The molecule has 0 saturated heterocycles. The topological polar surface area (TPSA) is 73.2 Å². The van der Waals surface area contributed by atoms with Crippen molar-refractivity contribution in [1.82, 2.24) is 15.1 Å². The maximum Gasteiger partial charge on any atom is 0.287 e. The number of carbonyl (C=O) groups excluding carboxylic acids is 1. The highest BCUT2D eigenvalue weighted by Gasteiger charge is 2.16. The zero-order chi connectivity index (χ0) is 18.1. The van der Waals surface area contributed by atoms with Crippen LogP contribution in [0.5, 0.6) is 0 Å². The molecule has 6 nitrogen and oxygen atoms in total. The van der Waals surface area contributed by atoms with Crippen LogP contribution in [-0.4, -0.2) is 22.2 Å². The first-order valence-electron chi connectivity index (χ1n) is 8.48. The van der Waals surface area contributed by atoms with E-state index in [9.17, 15) is 4.79 Å². The van der Waals surface area contributed by atoms with Crippen LogP contribution in [0.25, 0.3) is 22.3 Å². The van der Waals surface area contributed by atoms with Gasteiger partial charge in [-0.15, -0.1) is 0 Å². The molecule has 4 rings (SSSR count). The molecular weight excluding hydrogens is 330 g/mol. The predicted octanol–water partition coefficient (Wildman–Crippen LogP) is 3.94. The van der Waals surface area contributed by atoms with Crippen molar-refractivity contribution in [1.29, 1.82) is 0 Å². The molecule has 1 N–H and O–H groups in total. The summed E-state index contributed by atoms with van der Waals surface area (Å²) in [7, 11) is 0. The number of rotatable bonds is 5. The Hall–Kier alpha value is -3.28. The summed E-state index contributed by atoms with van der Waals surface area (Å²) in [5, 5.41) is 8.35. The lowest BCUT2D eigenvalue weighted by molar-refractivity contribution is 0.0926. The third-order valence-corrected chi connectivity index (χ3v) is 4.41. The zero-order valence-corrected chi connectivity index (χ0v) is 14.7. The molecular formula is C20H19N3O3. The van der Waals surface area contributed by atoms with Crippen LogP contribution in [0, 0.1) is 13.8 Å². The van der Waals surface area contributed by atoms with E-state index in [0.29, 0.717) is 24.4 Å². The Bertz CT molecular complexity index is 1020. The molecule has 0 saturated carbocycles. The van der Waals surface area contributed by atoms with Crippen LogP contribution in [0.4, 0.5) is 0 Å². The van der Waals surface area contributed by atoms with Gasteiger partial charge in [0.25, 0.3) is 5.91 Å². The Morgan fingerprint density at radius 3 is 2.81 bits per heavy atom. The average Bonchev–Trinajstić information content (AvgIpc) is 3.34. The molecule has 0 unspecified atom stereocenters. The Morgan fingerprint density at radius 1 is 1.19 bits per heavy atom. The third kappa shape index (κ3) is 2.90. The van der Waals surface area contributed by atoms with Crippen LogP contribution in [0.15, 0.2) is 57.6 Å². The van der Waals surface area contributed by atoms with Crippen LogP contribution in [0.1, 0.15) is 21.9 Å². The van der Waals surface area contributed by atoms with E-state index in [0.717, 1.165) is 28.1 Å². The van der Waals surface area contributed by atoms with Crippen molar-refractivity contribution < 1.29 is 13.6 Å². The number of furan rings is 2. The molecule has 3 aromatic heterocycles. The number of nitrogens with one attached hydrogen (secondary N) is 1. The van der Waals surface area contributed by atoms with Crippen LogP contribution in [0.2, 0.25) is 0 Å². The summed E-state index contributed by atoms with van der Waals surface area (Å²) in [5.41, 5.74) is 3.62. The SMILES string of the molecule is Cc1nn(CCNC(=O)c2cc3ccccc3o2)c(C)c1-c1ccco1. The van der Waals surface area contributed by atoms with Gasteiger partial charge in [-0.3, -0.25) is 9.48 Å². The number of carbonyl (C=O) groups is 1. The molecule has 0 fully saturated rings. The molecule has 4 aromatic rings. The van der Waals surface area contributed by atoms with Gasteiger partial charge in [-0.1, -0.05) is 18.2 Å². The largest absolute Gasteiger partial charge is 0.464 e. The van der Waals surface area contributed by atoms with E-state index in [1.807, 2.05) is 54.9 Å². The molecule has 1 aromatic carbocycles. The Morgan fingerprint density at radius 2 is 2.04 bits per heavy atom. The highest BCUT2D eigenvalue weighted by Crippen LogP contribution is 2.27. The summed E-state index contributed by atoms with van der Waals surface area (Å²) in [5.74, 6) is 0.891. The zero-order valence-electron chi connectivity index (χ0n) is 14.7. The summed E-state index contributed by atoms with van der Waals surface area (Å²) in [6.45, 7) is 4.97. The molecule has 0 bridgehead atoms. The lowest BCUT2D eigenvalue weighted by Gasteiger charge is -2.06. The molecule has 26 heavy (non-hydrogen) atoms. The maximum absolute atomic E-state index is 12.3. The molecule has 3 heterocycles. The highest BCUT2D eigenvalue weighted by atomic mass is 16.3. The number of amides is 1. The molecule has 6 heteroatoms. The fourth-order valence-electron chi connectivity index (χ4n) is 3.15. The summed E-state index contributed by atoms with van der Waals surface area (Å²) < 4.78 is 13.0. The van der Waals surface area contributed by atoms with Crippen molar-refractivity contribution in [3.8, 4) is 11.3 Å². The van der Waals surface area contributed by atoms with E-state index in [2.05, 4.69) is 10.4 Å². The lowest BCUT2D eigenvalue weighted by Crippen LogP contribution is -2.27. The van der Waals surface area contributed by atoms with Gasteiger partial charge in [-0.05, 0) is 38.1 Å². The summed E-state index contributed by atoms with van der Waals surface area (Å²) >= 11 is 0. The van der Waals surface area contributed by atoms with Gasteiger partial charge in [-0.25, -0.2) is 0 Å². The minimum Gasteiger partial charge on any atom is -0.464 e. The highest BCUT2D eigenvalue weighted by molar-refractivity contribution is 5.96. The quantitative estimate of drug-likeness (QED) is 0.592. The van der Waals surface area contributed by atoms with Gasteiger partial charge >= 0.3 is 0 Å². The number of aromatic nitrogens is 2. The first kappa shape index (κ1) is 16.2. The molecule has 0 atom stereocenters. The van der Waals surface area contributed by atoms with Gasteiger partial charge in [0, 0.05) is 17.6 Å². The van der Waals surface area contributed by atoms with E-state index >= 15 is 0 Å². The van der Waals surface area contributed by atoms with Crippen LogP contribution in [-0.2, 0) is 6.54 Å². The number of hydrogen-bond acceptors (Lipinski definition) is 4. The van der Waals surface area contributed by atoms with E-state index in [-0.39, 0.29) is 5.91 Å². The average molecular weight is 349 g/mol. The number of benzene rings is 1. The number of para-hydroxylation sites is 1. The Labute approximate surface area is 150 Å². The molecule has 1 amide bonds. The maximum atomic E-state index is 12.3. The van der Waals surface area contributed by atoms with E-state index in [1.54, 1.807) is 12.3 Å². The van der Waals surface area contributed by atoms with Crippen molar-refractivity contribution in [2.75, 3.05) is 6.54 Å². The van der Waals surface area contributed by atoms with Crippen molar-refractivity contribution in [3.63, 3.8) is 0 Å². The van der Waals surface area contributed by atoms with Crippen molar-refractivity contribution >= 4 is 16.9 Å². The predicted molar refractivity (Wildman–Crippen MR) is 98.0 cm³/mol. The van der Waals surface area contributed by atoms with Gasteiger partial charge in [0.15, 0.2) is 5.76 Å². The van der Waals surface area contributed by atoms with Crippen molar-refractivity contribution in [3.05, 3.63) is 65.9 Å². The first-order chi connectivity index (χ1) is 12.6. The van der Waals surface area contributed by atoms with Crippen LogP contribution in [0.3, 0.4) is 0 Å². The van der Waals surface area contributed by atoms with Gasteiger partial charge in [0.05, 0.1) is 24.1 Å². The number of aryl methyl sites for hydroxylation is 1. The molecule has 0 aliphatic heterocycles. The Balaban J connectivity index is 1.43. The fourth-order valence-corrected chi connectivity index (χ4v) is 3.15. The molecule has 132 valence electrons. The molecule has 0 radical (unpaired) electrons. The minimum absolute atomic E-state index is 0.228. The standard InChI is InChI=1S/C20H19N3O3/c1-13-19(17-8-5-11-25-17)14(2)23(22-13)10-9-21-20(24)18-12-15-6-3-4-7-16(15)26-18/h3-8,11-12H,9-10H2,1-2H3,(H,21,24).